The zero-order valence-electron chi connectivity index (χ0n) is 14.7. The summed E-state index contributed by atoms with van der Waals surface area (Å²) in [6, 6.07) is 0. The predicted molar refractivity (Wildman–Crippen MR) is 112 cm³/mol. The van der Waals surface area contributed by atoms with E-state index in [1.807, 2.05) is 41.2 Å². The summed E-state index contributed by atoms with van der Waals surface area (Å²) in [7, 11) is 9.01. The molecule has 0 aliphatic rings. The maximum atomic E-state index is 5.56. The molecule has 0 unspecified atom stereocenters. The molecule has 0 bridgehead atoms. The molecule has 0 amide bonds. The van der Waals surface area contributed by atoms with Crippen molar-refractivity contribution in [1.29, 1.82) is 0 Å². The first-order chi connectivity index (χ1) is 10.3. The molecule has 0 aromatic carbocycles. The Bertz CT molecular complexity index is 243. The third-order valence-corrected chi connectivity index (χ3v) is 11.7. The molecule has 130 valence electrons. The summed E-state index contributed by atoms with van der Waals surface area (Å²) in [4.78, 5) is 0. The maximum absolute atomic E-state index is 5.56. The maximum Gasteiger partial charge on any atom is 0.235 e. The zero-order valence-corrected chi connectivity index (χ0v) is 20.0. The van der Waals surface area contributed by atoms with E-state index in [4.69, 9.17) is 8.85 Å². The Balaban J connectivity index is 3.47. The second-order valence-corrected chi connectivity index (χ2v) is 16.1. The van der Waals surface area contributed by atoms with Crippen LogP contribution in [0, 0.1) is 0 Å². The van der Waals surface area contributed by atoms with Crippen LogP contribution in [0.25, 0.3) is 0 Å². The second kappa shape index (κ2) is 14.0. The molecule has 0 atom stereocenters. The van der Waals surface area contributed by atoms with Crippen molar-refractivity contribution in [2.75, 3.05) is 24.7 Å². The van der Waals surface area contributed by atoms with E-state index in [1.165, 1.54) is 24.3 Å². The Hall–Kier alpha value is 1.75. The van der Waals surface area contributed by atoms with Crippen LogP contribution in [0.3, 0.4) is 0 Å². The van der Waals surface area contributed by atoms with Crippen molar-refractivity contribution in [2.45, 2.75) is 64.5 Å². The highest BCUT2D eigenvalue weighted by Gasteiger charge is 2.21. The lowest BCUT2D eigenvalue weighted by molar-refractivity contribution is 0.338. The van der Waals surface area contributed by atoms with Crippen LogP contribution < -0.4 is 0 Å². The van der Waals surface area contributed by atoms with Crippen LogP contribution >= 0.6 is 41.2 Å². The van der Waals surface area contributed by atoms with Crippen LogP contribution in [0.1, 0.15) is 54.4 Å². The lowest BCUT2D eigenvalue weighted by Crippen LogP contribution is -2.17. The molecule has 0 N–H and O–H groups in total. The SMILES string of the molecule is CCO[Si]C(C)(C)CCSSSSCCC(C)(C)[Si]OCC. The van der Waals surface area contributed by atoms with Gasteiger partial charge in [0.2, 0.25) is 19.5 Å². The van der Waals surface area contributed by atoms with Crippen LogP contribution in [-0.2, 0) is 8.85 Å². The molecule has 8 heteroatoms. The van der Waals surface area contributed by atoms with Gasteiger partial charge in [-0.15, -0.1) is 0 Å². The van der Waals surface area contributed by atoms with E-state index in [0.717, 1.165) is 13.2 Å². The standard InChI is InChI=1S/C14H30O2S4Si2/c1-7-15-21-13(3,4)9-11-17-19-20-18-12-10-14(5,6)22-16-8-2/h7-12H2,1-6H3. The highest BCUT2D eigenvalue weighted by atomic mass is 33.7. The van der Waals surface area contributed by atoms with Crippen LogP contribution in [0.2, 0.25) is 10.1 Å². The van der Waals surface area contributed by atoms with Gasteiger partial charge in [-0.25, -0.2) is 0 Å². The third kappa shape index (κ3) is 15.3. The lowest BCUT2D eigenvalue weighted by Gasteiger charge is -2.22. The summed E-state index contributed by atoms with van der Waals surface area (Å²) in [6.07, 6.45) is 2.44. The lowest BCUT2D eigenvalue weighted by atomic mass is 10.1. The van der Waals surface area contributed by atoms with Crippen LogP contribution in [0.4, 0.5) is 0 Å². The van der Waals surface area contributed by atoms with E-state index in [-0.39, 0.29) is 0 Å². The van der Waals surface area contributed by atoms with Crippen molar-refractivity contribution in [3.63, 3.8) is 0 Å². The quantitative estimate of drug-likeness (QED) is 0.180. The van der Waals surface area contributed by atoms with E-state index in [0.29, 0.717) is 29.6 Å². The average Bonchev–Trinajstić information content (AvgIpc) is 2.46. The molecule has 2 nitrogen and oxygen atoms in total. The van der Waals surface area contributed by atoms with Crippen molar-refractivity contribution in [3.8, 4) is 0 Å². The summed E-state index contributed by atoms with van der Waals surface area (Å²) in [5.41, 5.74) is 0. The van der Waals surface area contributed by atoms with Gasteiger partial charge in [-0.2, -0.15) is 0 Å². The van der Waals surface area contributed by atoms with Crippen molar-refractivity contribution < 1.29 is 8.85 Å². The van der Waals surface area contributed by atoms with Gasteiger partial charge in [0.25, 0.3) is 0 Å². The van der Waals surface area contributed by atoms with Gasteiger partial charge >= 0.3 is 0 Å². The van der Waals surface area contributed by atoms with Crippen molar-refractivity contribution in [1.82, 2.24) is 0 Å². The normalized spacial score (nSPS) is 12.8. The van der Waals surface area contributed by atoms with Crippen LogP contribution in [0.15, 0.2) is 0 Å². The van der Waals surface area contributed by atoms with Crippen molar-refractivity contribution in [2.24, 2.45) is 0 Å². The molecule has 0 aliphatic carbocycles. The van der Waals surface area contributed by atoms with Gasteiger partial charge in [-0.3, -0.25) is 0 Å². The molecule has 0 saturated heterocycles. The van der Waals surface area contributed by atoms with Crippen LogP contribution in [0.5, 0.6) is 0 Å². The minimum absolute atomic E-state index is 0.325. The summed E-state index contributed by atoms with van der Waals surface area (Å²) in [6.45, 7) is 15.0. The van der Waals surface area contributed by atoms with Crippen LogP contribution in [-0.4, -0.2) is 44.2 Å². The van der Waals surface area contributed by atoms with Gasteiger partial charge in [-0.05, 0) is 56.4 Å². The summed E-state index contributed by atoms with van der Waals surface area (Å²) >= 11 is 0. The Morgan fingerprint density at radius 2 is 1.09 bits per heavy atom. The molecule has 0 rings (SSSR count). The first kappa shape index (κ1) is 23.8. The van der Waals surface area contributed by atoms with Crippen molar-refractivity contribution in [3.05, 3.63) is 0 Å². The van der Waals surface area contributed by atoms with E-state index < -0.39 is 0 Å². The van der Waals surface area contributed by atoms with E-state index in [1.54, 1.807) is 0 Å². The van der Waals surface area contributed by atoms with E-state index in [2.05, 4.69) is 41.5 Å². The summed E-state index contributed by atoms with van der Waals surface area (Å²) in [5.74, 6) is 2.39. The Morgan fingerprint density at radius 3 is 1.41 bits per heavy atom. The van der Waals surface area contributed by atoms with E-state index in [9.17, 15) is 0 Å². The van der Waals surface area contributed by atoms with Gasteiger partial charge in [0.15, 0.2) is 0 Å². The third-order valence-electron chi connectivity index (χ3n) is 2.73. The largest absolute Gasteiger partial charge is 0.417 e. The zero-order chi connectivity index (χ0) is 16.9. The average molecular weight is 415 g/mol. The molecule has 0 aromatic rings. The molecule has 0 heterocycles. The first-order valence-electron chi connectivity index (χ1n) is 7.68. The fraction of sp³-hybridized carbons (Fsp3) is 1.00. The fourth-order valence-corrected chi connectivity index (χ4v) is 9.82. The predicted octanol–water partition coefficient (Wildman–Crippen LogP) is 6.15. The highest BCUT2D eigenvalue weighted by molar-refractivity contribution is 9.26. The van der Waals surface area contributed by atoms with Gasteiger partial charge in [0, 0.05) is 24.7 Å². The monoisotopic (exact) mass is 414 g/mol. The molecule has 0 aliphatic heterocycles. The molecule has 0 spiro atoms. The second-order valence-electron chi connectivity index (χ2n) is 6.12. The Labute approximate surface area is 158 Å². The molecule has 4 radical (unpaired) electrons. The van der Waals surface area contributed by atoms with E-state index >= 15 is 0 Å². The van der Waals surface area contributed by atoms with Gasteiger partial charge in [0.1, 0.15) is 0 Å². The number of rotatable bonds is 15. The van der Waals surface area contributed by atoms with Gasteiger partial charge < -0.3 is 8.85 Å². The summed E-state index contributed by atoms with van der Waals surface area (Å²) < 4.78 is 11.1. The molecular formula is C14H30O2S4Si2. The number of hydrogen-bond donors (Lipinski definition) is 0. The molecule has 0 saturated carbocycles. The minimum atomic E-state index is 0.325. The highest BCUT2D eigenvalue weighted by Crippen LogP contribution is 2.45. The Morgan fingerprint density at radius 1 is 0.727 bits per heavy atom. The number of hydrogen-bond acceptors (Lipinski definition) is 6. The minimum Gasteiger partial charge on any atom is -0.417 e. The molecule has 22 heavy (non-hydrogen) atoms. The smallest absolute Gasteiger partial charge is 0.235 e. The fourth-order valence-electron chi connectivity index (χ4n) is 1.34. The molecular weight excluding hydrogens is 385 g/mol. The molecule has 0 fully saturated rings. The van der Waals surface area contributed by atoms with Gasteiger partial charge in [-0.1, -0.05) is 49.3 Å². The molecule has 0 aromatic heterocycles. The topological polar surface area (TPSA) is 18.5 Å². The first-order valence-corrected chi connectivity index (χ1v) is 14.7. The summed E-state index contributed by atoms with van der Waals surface area (Å²) in [5, 5.41) is 0.650. The Kier molecular flexibility index (Phi) is 15.1. The van der Waals surface area contributed by atoms with Crippen molar-refractivity contribution >= 4 is 60.8 Å². The van der Waals surface area contributed by atoms with Gasteiger partial charge in [0.05, 0.1) is 0 Å².